The first-order valence-corrected chi connectivity index (χ1v) is 6.82. The van der Waals surface area contributed by atoms with Crippen LogP contribution in [0.1, 0.15) is 57.9 Å². The molecular weight excluding hydrogens is 208 g/mol. The molecule has 0 heterocycles. The molecule has 1 nitrogen and oxygen atoms in total. The van der Waals surface area contributed by atoms with Crippen molar-refractivity contribution in [3.8, 4) is 0 Å². The van der Waals surface area contributed by atoms with E-state index in [-0.39, 0.29) is 6.10 Å². The van der Waals surface area contributed by atoms with E-state index in [0.717, 1.165) is 25.2 Å². The number of hydrogen-bond donors (Lipinski definition) is 1. The van der Waals surface area contributed by atoms with E-state index in [0.29, 0.717) is 5.92 Å². The van der Waals surface area contributed by atoms with E-state index in [9.17, 15) is 5.11 Å². The number of benzene rings is 1. The smallest absolute Gasteiger partial charge is 0.0546 e. The lowest BCUT2D eigenvalue weighted by molar-refractivity contribution is 0.142. The number of rotatable bonds is 7. The van der Waals surface area contributed by atoms with Crippen molar-refractivity contribution in [2.75, 3.05) is 0 Å². The van der Waals surface area contributed by atoms with Gasteiger partial charge in [0.1, 0.15) is 0 Å². The highest BCUT2D eigenvalue weighted by Crippen LogP contribution is 2.22. The summed E-state index contributed by atoms with van der Waals surface area (Å²) < 4.78 is 0. The van der Waals surface area contributed by atoms with Gasteiger partial charge in [-0.15, -0.1) is 0 Å². The van der Waals surface area contributed by atoms with Crippen LogP contribution in [0.5, 0.6) is 0 Å². The fraction of sp³-hybridized carbons (Fsp3) is 0.625. The van der Waals surface area contributed by atoms with E-state index < -0.39 is 0 Å². The molecule has 0 aliphatic heterocycles. The van der Waals surface area contributed by atoms with Crippen LogP contribution in [0.2, 0.25) is 0 Å². The Morgan fingerprint density at radius 3 is 2.24 bits per heavy atom. The predicted octanol–water partition coefficient (Wildman–Crippen LogP) is 4.37. The lowest BCUT2D eigenvalue weighted by atomic mass is 9.92. The summed E-state index contributed by atoms with van der Waals surface area (Å²) >= 11 is 0. The molecule has 1 aromatic rings. The summed E-state index contributed by atoms with van der Waals surface area (Å²) in [6, 6.07) is 10.5. The summed E-state index contributed by atoms with van der Waals surface area (Å²) in [7, 11) is 0. The van der Waals surface area contributed by atoms with Crippen LogP contribution in [0.25, 0.3) is 0 Å². The molecule has 96 valence electrons. The van der Waals surface area contributed by atoms with Crippen LogP contribution in [0.15, 0.2) is 30.3 Å². The summed E-state index contributed by atoms with van der Waals surface area (Å²) in [4.78, 5) is 0. The van der Waals surface area contributed by atoms with Crippen LogP contribution >= 0.6 is 0 Å². The first kappa shape index (κ1) is 14.2. The van der Waals surface area contributed by atoms with Crippen LogP contribution < -0.4 is 0 Å². The van der Waals surface area contributed by atoms with Gasteiger partial charge in [0.25, 0.3) is 0 Å². The molecule has 0 spiro atoms. The Morgan fingerprint density at radius 2 is 1.65 bits per heavy atom. The average Bonchev–Trinajstić information content (AvgIpc) is 2.29. The monoisotopic (exact) mass is 234 g/mol. The maximum atomic E-state index is 9.99. The lowest BCUT2D eigenvalue weighted by Gasteiger charge is -2.17. The largest absolute Gasteiger partial charge is 0.393 e. The third kappa shape index (κ3) is 5.88. The fourth-order valence-electron chi connectivity index (χ4n) is 2.21. The summed E-state index contributed by atoms with van der Waals surface area (Å²) in [5.74, 6) is 1.19. The quantitative estimate of drug-likeness (QED) is 0.743. The zero-order chi connectivity index (χ0) is 12.7. The zero-order valence-corrected chi connectivity index (χ0v) is 11.4. The second-order valence-corrected chi connectivity index (χ2v) is 5.53. The van der Waals surface area contributed by atoms with E-state index >= 15 is 0 Å². The minimum Gasteiger partial charge on any atom is -0.393 e. The molecule has 17 heavy (non-hydrogen) atoms. The van der Waals surface area contributed by atoms with Crippen LogP contribution in [0, 0.1) is 5.92 Å². The molecule has 0 aliphatic rings. The van der Waals surface area contributed by atoms with Gasteiger partial charge in [-0.05, 0) is 30.2 Å². The molecule has 2 atom stereocenters. The van der Waals surface area contributed by atoms with Crippen LogP contribution in [0.3, 0.4) is 0 Å². The van der Waals surface area contributed by atoms with E-state index in [2.05, 4.69) is 45.0 Å². The van der Waals surface area contributed by atoms with Crippen molar-refractivity contribution in [1.82, 2.24) is 0 Å². The van der Waals surface area contributed by atoms with Crippen molar-refractivity contribution < 1.29 is 5.11 Å². The molecule has 0 saturated carbocycles. The molecule has 1 rings (SSSR count). The van der Waals surface area contributed by atoms with E-state index in [1.165, 1.54) is 12.0 Å². The first-order valence-electron chi connectivity index (χ1n) is 6.82. The standard InChI is InChI=1S/C16H26O/c1-13(2)8-7-11-16(17)12-14(3)15-9-5-4-6-10-15/h4-6,9-10,13-14,16-17H,7-8,11-12H2,1-3H3. The maximum absolute atomic E-state index is 9.99. The third-order valence-electron chi connectivity index (χ3n) is 3.31. The minimum atomic E-state index is -0.149. The number of aliphatic hydroxyl groups excluding tert-OH is 1. The molecule has 1 heteroatoms. The van der Waals surface area contributed by atoms with Crippen molar-refractivity contribution in [2.45, 2.75) is 58.5 Å². The predicted molar refractivity (Wildman–Crippen MR) is 74.2 cm³/mol. The zero-order valence-electron chi connectivity index (χ0n) is 11.4. The van der Waals surface area contributed by atoms with Crippen molar-refractivity contribution >= 4 is 0 Å². The van der Waals surface area contributed by atoms with Crippen molar-refractivity contribution in [1.29, 1.82) is 0 Å². The van der Waals surface area contributed by atoms with E-state index in [4.69, 9.17) is 0 Å². The average molecular weight is 234 g/mol. The molecule has 0 bridgehead atoms. The van der Waals surface area contributed by atoms with Gasteiger partial charge in [0, 0.05) is 0 Å². The molecule has 0 radical (unpaired) electrons. The maximum Gasteiger partial charge on any atom is 0.0546 e. The van der Waals surface area contributed by atoms with Gasteiger partial charge < -0.3 is 5.11 Å². The van der Waals surface area contributed by atoms with Gasteiger partial charge in [-0.25, -0.2) is 0 Å². The molecule has 1 aromatic carbocycles. The lowest BCUT2D eigenvalue weighted by Crippen LogP contribution is -2.11. The Balaban J connectivity index is 2.28. The van der Waals surface area contributed by atoms with Gasteiger partial charge in [-0.3, -0.25) is 0 Å². The van der Waals surface area contributed by atoms with Crippen LogP contribution in [-0.2, 0) is 0 Å². The molecular formula is C16H26O. The molecule has 0 saturated heterocycles. The normalized spacial score (nSPS) is 14.9. The number of hydrogen-bond acceptors (Lipinski definition) is 1. The van der Waals surface area contributed by atoms with Crippen molar-refractivity contribution in [3.63, 3.8) is 0 Å². The van der Waals surface area contributed by atoms with Gasteiger partial charge in [0.15, 0.2) is 0 Å². The van der Waals surface area contributed by atoms with Gasteiger partial charge >= 0.3 is 0 Å². The first-order chi connectivity index (χ1) is 8.09. The van der Waals surface area contributed by atoms with Crippen molar-refractivity contribution in [3.05, 3.63) is 35.9 Å². The Morgan fingerprint density at radius 1 is 1.00 bits per heavy atom. The summed E-state index contributed by atoms with van der Waals surface area (Å²) in [5, 5.41) is 9.99. The molecule has 0 amide bonds. The Labute approximate surface area is 106 Å². The minimum absolute atomic E-state index is 0.149. The molecule has 0 aromatic heterocycles. The molecule has 2 unspecified atom stereocenters. The van der Waals surface area contributed by atoms with Gasteiger partial charge in [0.05, 0.1) is 6.10 Å². The molecule has 0 fully saturated rings. The highest BCUT2D eigenvalue weighted by molar-refractivity contribution is 5.18. The Hall–Kier alpha value is -0.820. The second-order valence-electron chi connectivity index (χ2n) is 5.53. The highest BCUT2D eigenvalue weighted by atomic mass is 16.3. The SMILES string of the molecule is CC(C)CCCC(O)CC(C)c1ccccc1. The van der Waals surface area contributed by atoms with Gasteiger partial charge in [-0.1, -0.05) is 63.9 Å². The topological polar surface area (TPSA) is 20.2 Å². The van der Waals surface area contributed by atoms with Gasteiger partial charge in [-0.2, -0.15) is 0 Å². The Kier molecular flexibility index (Phi) is 6.28. The van der Waals surface area contributed by atoms with E-state index in [1.54, 1.807) is 0 Å². The summed E-state index contributed by atoms with van der Waals surface area (Å²) in [6.07, 6.45) is 4.03. The highest BCUT2D eigenvalue weighted by Gasteiger charge is 2.11. The molecule has 1 N–H and O–H groups in total. The van der Waals surface area contributed by atoms with Gasteiger partial charge in [0.2, 0.25) is 0 Å². The van der Waals surface area contributed by atoms with Crippen molar-refractivity contribution in [2.24, 2.45) is 5.92 Å². The summed E-state index contributed by atoms with van der Waals surface area (Å²) in [5.41, 5.74) is 1.33. The fourth-order valence-corrected chi connectivity index (χ4v) is 2.21. The Bertz CT molecular complexity index is 292. The summed E-state index contributed by atoms with van der Waals surface area (Å²) in [6.45, 7) is 6.67. The molecule has 0 aliphatic carbocycles. The van der Waals surface area contributed by atoms with Crippen LogP contribution in [-0.4, -0.2) is 11.2 Å². The van der Waals surface area contributed by atoms with Crippen LogP contribution in [0.4, 0.5) is 0 Å². The second kappa shape index (κ2) is 7.50. The number of aliphatic hydroxyl groups is 1. The third-order valence-corrected chi connectivity index (χ3v) is 3.31. The van der Waals surface area contributed by atoms with E-state index in [1.807, 2.05) is 6.07 Å².